The van der Waals surface area contributed by atoms with Gasteiger partial charge in [-0.05, 0) is 25.0 Å². The molecule has 0 aliphatic rings. The van der Waals surface area contributed by atoms with Crippen molar-refractivity contribution >= 4 is 5.97 Å². The number of rotatable bonds is 7. The van der Waals surface area contributed by atoms with Crippen LogP contribution in [0.2, 0.25) is 0 Å². The van der Waals surface area contributed by atoms with Crippen molar-refractivity contribution in [2.24, 2.45) is 0 Å². The van der Waals surface area contributed by atoms with Crippen LogP contribution in [0.5, 0.6) is 11.5 Å². The molecule has 0 unspecified atom stereocenters. The van der Waals surface area contributed by atoms with Crippen molar-refractivity contribution in [3.8, 4) is 17.6 Å². The van der Waals surface area contributed by atoms with Gasteiger partial charge in [0, 0.05) is 0 Å². The van der Waals surface area contributed by atoms with E-state index in [0.29, 0.717) is 35.8 Å². The van der Waals surface area contributed by atoms with Gasteiger partial charge in [0.25, 0.3) is 0 Å². The molecule has 20 heavy (non-hydrogen) atoms. The smallest absolute Gasteiger partial charge is 0.338 e. The molecule has 0 heterocycles. The number of methoxy groups -OCH3 is 1. The van der Waals surface area contributed by atoms with Crippen molar-refractivity contribution in [2.75, 3.05) is 20.3 Å². The van der Waals surface area contributed by atoms with Crippen molar-refractivity contribution in [3.63, 3.8) is 0 Å². The van der Waals surface area contributed by atoms with Gasteiger partial charge in [0.1, 0.15) is 23.1 Å². The van der Waals surface area contributed by atoms with Crippen LogP contribution in [0.1, 0.15) is 42.6 Å². The lowest BCUT2D eigenvalue weighted by atomic mass is 10.1. The lowest BCUT2D eigenvalue weighted by Gasteiger charge is -2.13. The molecule has 1 aromatic carbocycles. The van der Waals surface area contributed by atoms with Crippen LogP contribution in [0.25, 0.3) is 0 Å². The zero-order valence-electron chi connectivity index (χ0n) is 12.1. The van der Waals surface area contributed by atoms with Crippen LogP contribution < -0.4 is 9.47 Å². The van der Waals surface area contributed by atoms with Crippen LogP contribution >= 0.6 is 0 Å². The van der Waals surface area contributed by atoms with E-state index in [4.69, 9.17) is 14.2 Å². The van der Waals surface area contributed by atoms with Gasteiger partial charge in [0.2, 0.25) is 0 Å². The molecule has 108 valence electrons. The van der Waals surface area contributed by atoms with Gasteiger partial charge >= 0.3 is 5.97 Å². The minimum Gasteiger partial charge on any atom is -0.492 e. The van der Waals surface area contributed by atoms with Crippen LogP contribution in [0, 0.1) is 11.3 Å². The van der Waals surface area contributed by atoms with Crippen molar-refractivity contribution in [1.29, 1.82) is 5.26 Å². The topological polar surface area (TPSA) is 68.6 Å². The van der Waals surface area contributed by atoms with E-state index in [1.165, 1.54) is 19.2 Å². The Balaban J connectivity index is 3.24. The van der Waals surface area contributed by atoms with Crippen LogP contribution in [0.4, 0.5) is 0 Å². The highest BCUT2D eigenvalue weighted by Crippen LogP contribution is 2.30. The Labute approximate surface area is 119 Å². The van der Waals surface area contributed by atoms with E-state index in [1.807, 2.05) is 13.8 Å². The Bertz CT molecular complexity index is 476. The molecular formula is C15H19NO4. The average molecular weight is 277 g/mol. The zero-order chi connectivity index (χ0) is 15.0. The lowest BCUT2D eigenvalue weighted by Crippen LogP contribution is -2.07. The first-order valence-corrected chi connectivity index (χ1v) is 6.59. The minimum absolute atomic E-state index is 0.305. The van der Waals surface area contributed by atoms with Crippen LogP contribution in [0.3, 0.4) is 0 Å². The molecule has 5 heteroatoms. The second kappa shape index (κ2) is 8.05. The average Bonchev–Trinajstić information content (AvgIpc) is 2.49. The van der Waals surface area contributed by atoms with E-state index in [1.54, 1.807) is 0 Å². The number of carbonyl (C=O) groups excluding carboxylic acids is 1. The summed E-state index contributed by atoms with van der Waals surface area (Å²) in [6.07, 6.45) is 1.61. The fraction of sp³-hybridized carbons (Fsp3) is 0.467. The minimum atomic E-state index is -0.489. The number of esters is 1. The van der Waals surface area contributed by atoms with Crippen LogP contribution in [-0.2, 0) is 4.74 Å². The summed E-state index contributed by atoms with van der Waals surface area (Å²) in [4.78, 5) is 11.6. The molecule has 1 rings (SSSR count). The van der Waals surface area contributed by atoms with Gasteiger partial charge in [-0.15, -0.1) is 0 Å². The van der Waals surface area contributed by atoms with E-state index in [2.05, 4.69) is 6.07 Å². The van der Waals surface area contributed by atoms with E-state index in [0.717, 1.165) is 12.8 Å². The summed E-state index contributed by atoms with van der Waals surface area (Å²) in [5.74, 6) is 0.212. The molecule has 0 saturated heterocycles. The summed E-state index contributed by atoms with van der Waals surface area (Å²) in [5, 5.41) is 9.26. The van der Waals surface area contributed by atoms with Gasteiger partial charge < -0.3 is 14.2 Å². The largest absolute Gasteiger partial charge is 0.492 e. The van der Waals surface area contributed by atoms with Gasteiger partial charge in [-0.25, -0.2) is 4.79 Å². The van der Waals surface area contributed by atoms with Gasteiger partial charge in [-0.2, -0.15) is 5.26 Å². The van der Waals surface area contributed by atoms with Crippen LogP contribution in [0.15, 0.2) is 12.1 Å². The highest BCUT2D eigenvalue weighted by molar-refractivity contribution is 5.91. The highest BCUT2D eigenvalue weighted by Gasteiger charge is 2.17. The highest BCUT2D eigenvalue weighted by atomic mass is 16.5. The van der Waals surface area contributed by atoms with E-state index in [9.17, 15) is 10.1 Å². The fourth-order valence-corrected chi connectivity index (χ4v) is 1.59. The molecule has 0 saturated carbocycles. The quantitative estimate of drug-likeness (QED) is 0.717. The molecule has 1 aromatic rings. The summed E-state index contributed by atoms with van der Waals surface area (Å²) in [5.41, 5.74) is 0.614. The van der Waals surface area contributed by atoms with E-state index >= 15 is 0 Å². The van der Waals surface area contributed by atoms with Crippen molar-refractivity contribution in [2.45, 2.75) is 26.7 Å². The standard InChI is InChI=1S/C15H19NO4/c1-4-6-19-13-8-11(15(17)18-3)9-14(12(13)10-16)20-7-5-2/h8-9H,4-7H2,1-3H3. The Kier molecular flexibility index (Phi) is 6.38. The number of nitriles is 1. The maximum Gasteiger partial charge on any atom is 0.338 e. The van der Waals surface area contributed by atoms with Gasteiger partial charge in [0.05, 0.1) is 25.9 Å². The Morgan fingerprint density at radius 1 is 1.15 bits per heavy atom. The normalized spacial score (nSPS) is 9.70. The van der Waals surface area contributed by atoms with Crippen molar-refractivity contribution in [3.05, 3.63) is 23.3 Å². The van der Waals surface area contributed by atoms with Crippen LogP contribution in [-0.4, -0.2) is 26.3 Å². The molecule has 0 radical (unpaired) electrons. The predicted octanol–water partition coefficient (Wildman–Crippen LogP) is 2.92. The first-order chi connectivity index (χ1) is 9.67. The molecular weight excluding hydrogens is 258 g/mol. The predicted molar refractivity (Wildman–Crippen MR) is 74.1 cm³/mol. The molecule has 0 N–H and O–H groups in total. The number of benzene rings is 1. The second-order valence-electron chi connectivity index (χ2n) is 4.15. The number of ether oxygens (including phenoxy) is 3. The first kappa shape index (κ1) is 15.8. The summed E-state index contributed by atoms with van der Waals surface area (Å²) in [6, 6.07) is 5.09. The fourth-order valence-electron chi connectivity index (χ4n) is 1.59. The van der Waals surface area contributed by atoms with E-state index < -0.39 is 5.97 Å². The maximum absolute atomic E-state index is 11.6. The number of hydrogen-bond donors (Lipinski definition) is 0. The molecule has 0 atom stereocenters. The third-order valence-corrected chi connectivity index (χ3v) is 2.52. The lowest BCUT2D eigenvalue weighted by molar-refractivity contribution is 0.0599. The SMILES string of the molecule is CCCOc1cc(C(=O)OC)cc(OCCC)c1C#N. The monoisotopic (exact) mass is 277 g/mol. The molecule has 5 nitrogen and oxygen atoms in total. The Morgan fingerprint density at radius 3 is 2.00 bits per heavy atom. The summed E-state index contributed by atoms with van der Waals surface area (Å²) in [7, 11) is 1.31. The first-order valence-electron chi connectivity index (χ1n) is 6.59. The number of carbonyl (C=O) groups is 1. The number of nitrogens with zero attached hydrogens (tertiary/aromatic N) is 1. The van der Waals surface area contributed by atoms with Crippen molar-refractivity contribution in [1.82, 2.24) is 0 Å². The Morgan fingerprint density at radius 2 is 1.65 bits per heavy atom. The molecule has 0 aromatic heterocycles. The summed E-state index contributed by atoms with van der Waals surface area (Å²) >= 11 is 0. The van der Waals surface area contributed by atoms with Gasteiger partial charge in [-0.1, -0.05) is 13.8 Å². The molecule has 0 fully saturated rings. The third kappa shape index (κ3) is 3.89. The number of hydrogen-bond acceptors (Lipinski definition) is 5. The molecule has 0 bridgehead atoms. The molecule has 0 amide bonds. The summed E-state index contributed by atoms with van der Waals surface area (Å²) in [6.45, 7) is 4.86. The van der Waals surface area contributed by atoms with Gasteiger partial charge in [0.15, 0.2) is 0 Å². The maximum atomic E-state index is 11.6. The van der Waals surface area contributed by atoms with Crippen molar-refractivity contribution < 1.29 is 19.0 Å². The third-order valence-electron chi connectivity index (χ3n) is 2.52. The molecule has 0 aliphatic heterocycles. The molecule has 0 spiro atoms. The second-order valence-corrected chi connectivity index (χ2v) is 4.15. The van der Waals surface area contributed by atoms with Gasteiger partial charge in [-0.3, -0.25) is 0 Å². The van der Waals surface area contributed by atoms with E-state index in [-0.39, 0.29) is 0 Å². The zero-order valence-corrected chi connectivity index (χ0v) is 12.1. The summed E-state index contributed by atoms with van der Waals surface area (Å²) < 4.78 is 15.7. The Hall–Kier alpha value is -2.22. The molecule has 0 aliphatic carbocycles.